The third-order valence-electron chi connectivity index (χ3n) is 3.59. The van der Waals surface area contributed by atoms with E-state index in [1.807, 2.05) is 19.2 Å². The molecule has 1 amide bonds. The molecule has 0 fully saturated rings. The largest absolute Gasteiger partial charge is 0.326 e. The van der Waals surface area contributed by atoms with Crippen molar-refractivity contribution in [2.24, 2.45) is 0 Å². The number of rotatable bonds is 3. The van der Waals surface area contributed by atoms with Crippen LogP contribution in [0.15, 0.2) is 45.3 Å². The van der Waals surface area contributed by atoms with Crippen LogP contribution in [0.2, 0.25) is 0 Å². The summed E-state index contributed by atoms with van der Waals surface area (Å²) in [4.78, 5) is 11.5. The van der Waals surface area contributed by atoms with Gasteiger partial charge >= 0.3 is 0 Å². The Labute approximate surface area is 140 Å². The van der Waals surface area contributed by atoms with Crippen molar-refractivity contribution in [3.8, 4) is 0 Å². The second kappa shape index (κ2) is 5.91. The number of anilines is 1. The lowest BCUT2D eigenvalue weighted by Crippen LogP contribution is -2.17. The van der Waals surface area contributed by atoms with E-state index in [4.69, 9.17) is 0 Å². The molecule has 3 nitrogen and oxygen atoms in total. The highest BCUT2D eigenvalue weighted by Gasteiger charge is 2.20. The van der Waals surface area contributed by atoms with Gasteiger partial charge in [-0.15, -0.1) is 0 Å². The summed E-state index contributed by atoms with van der Waals surface area (Å²) in [6.45, 7) is 0. The van der Waals surface area contributed by atoms with Crippen molar-refractivity contribution in [2.45, 2.75) is 12.5 Å². The van der Waals surface area contributed by atoms with Crippen molar-refractivity contribution in [1.82, 2.24) is 5.32 Å². The molecule has 1 atom stereocenters. The van der Waals surface area contributed by atoms with E-state index in [9.17, 15) is 4.79 Å². The Hall–Kier alpha value is -1.17. The van der Waals surface area contributed by atoms with E-state index in [-0.39, 0.29) is 11.9 Å². The summed E-state index contributed by atoms with van der Waals surface area (Å²) in [5.41, 5.74) is 4.30. The number of benzene rings is 2. The summed E-state index contributed by atoms with van der Waals surface area (Å²) >= 11 is 7.06. The van der Waals surface area contributed by atoms with E-state index >= 15 is 0 Å². The fourth-order valence-electron chi connectivity index (χ4n) is 2.70. The molecule has 0 bridgehead atoms. The first kappa shape index (κ1) is 14.8. The van der Waals surface area contributed by atoms with E-state index in [1.165, 1.54) is 0 Å². The molecule has 0 saturated carbocycles. The second-order valence-corrected chi connectivity index (χ2v) is 6.90. The summed E-state index contributed by atoms with van der Waals surface area (Å²) in [6.07, 6.45) is 0.460. The molecule has 2 aromatic rings. The smallest absolute Gasteiger partial charge is 0.228 e. The van der Waals surface area contributed by atoms with Crippen molar-refractivity contribution in [3.05, 3.63) is 62.0 Å². The van der Waals surface area contributed by atoms with Gasteiger partial charge < -0.3 is 10.6 Å². The molecule has 1 aliphatic heterocycles. The van der Waals surface area contributed by atoms with Crippen LogP contribution in [0.3, 0.4) is 0 Å². The summed E-state index contributed by atoms with van der Waals surface area (Å²) in [7, 11) is 1.94. The van der Waals surface area contributed by atoms with Crippen LogP contribution in [0, 0.1) is 0 Å². The van der Waals surface area contributed by atoms with E-state index in [0.717, 1.165) is 31.3 Å². The Kier molecular flexibility index (Phi) is 4.15. The number of fused-ring (bicyclic) bond motifs is 1. The first-order valence-corrected chi connectivity index (χ1v) is 8.21. The number of amides is 1. The third-order valence-corrected chi connectivity index (χ3v) is 4.51. The molecule has 0 saturated heterocycles. The highest BCUT2D eigenvalue weighted by molar-refractivity contribution is 9.11. The lowest BCUT2D eigenvalue weighted by molar-refractivity contribution is -0.115. The van der Waals surface area contributed by atoms with Gasteiger partial charge in [-0.3, -0.25) is 4.79 Å². The van der Waals surface area contributed by atoms with Crippen molar-refractivity contribution in [2.75, 3.05) is 12.4 Å². The molecule has 1 unspecified atom stereocenters. The van der Waals surface area contributed by atoms with Gasteiger partial charge in [0.15, 0.2) is 0 Å². The number of hydrogen-bond acceptors (Lipinski definition) is 2. The summed E-state index contributed by atoms with van der Waals surface area (Å²) in [5.74, 6) is 0.0633. The molecule has 2 N–H and O–H groups in total. The minimum absolute atomic E-state index is 0.0633. The molecule has 108 valence electrons. The quantitative estimate of drug-likeness (QED) is 0.803. The van der Waals surface area contributed by atoms with E-state index < -0.39 is 0 Å². The fourth-order valence-corrected chi connectivity index (χ4v) is 4.03. The SMILES string of the molecule is CNC(c1cc(Br)cc(Br)c1)c1ccc2c(c1)CC(=O)N2. The molecule has 0 radical (unpaired) electrons. The zero-order valence-electron chi connectivity index (χ0n) is 11.4. The average molecular weight is 410 g/mol. The van der Waals surface area contributed by atoms with Crippen LogP contribution in [-0.4, -0.2) is 13.0 Å². The van der Waals surface area contributed by atoms with Crippen molar-refractivity contribution in [3.63, 3.8) is 0 Å². The maximum atomic E-state index is 11.5. The molecule has 1 heterocycles. The first-order valence-electron chi connectivity index (χ1n) is 6.63. The Morgan fingerprint density at radius 2 is 1.81 bits per heavy atom. The molecule has 0 aliphatic carbocycles. The van der Waals surface area contributed by atoms with Gasteiger partial charge in [-0.2, -0.15) is 0 Å². The van der Waals surface area contributed by atoms with E-state index in [0.29, 0.717) is 6.42 Å². The van der Waals surface area contributed by atoms with Gasteiger partial charge in [-0.25, -0.2) is 0 Å². The summed E-state index contributed by atoms with van der Waals surface area (Å²) in [6, 6.07) is 12.4. The molecule has 3 rings (SSSR count). The lowest BCUT2D eigenvalue weighted by atomic mass is 9.96. The zero-order valence-corrected chi connectivity index (χ0v) is 14.6. The standard InChI is InChI=1S/C16H14Br2N2O/c1-19-16(11-5-12(17)8-13(18)6-11)9-2-3-14-10(4-9)7-15(21)20-14/h2-6,8,16,19H,7H2,1H3,(H,20,21). The van der Waals surface area contributed by atoms with Crippen LogP contribution in [-0.2, 0) is 11.2 Å². The number of carbonyl (C=O) groups excluding carboxylic acids is 1. The second-order valence-electron chi connectivity index (χ2n) is 5.07. The number of hydrogen-bond donors (Lipinski definition) is 2. The van der Waals surface area contributed by atoms with Crippen LogP contribution < -0.4 is 10.6 Å². The number of nitrogens with one attached hydrogen (secondary N) is 2. The van der Waals surface area contributed by atoms with Crippen LogP contribution in [0.4, 0.5) is 5.69 Å². The van der Waals surface area contributed by atoms with Crippen molar-refractivity contribution in [1.29, 1.82) is 0 Å². The van der Waals surface area contributed by atoms with Crippen LogP contribution in [0.5, 0.6) is 0 Å². The number of halogens is 2. The maximum Gasteiger partial charge on any atom is 0.228 e. The van der Waals surface area contributed by atoms with Crippen molar-refractivity contribution >= 4 is 43.5 Å². The Balaban J connectivity index is 2.01. The highest BCUT2D eigenvalue weighted by Crippen LogP contribution is 2.31. The first-order chi connectivity index (χ1) is 10.1. The molecule has 21 heavy (non-hydrogen) atoms. The van der Waals surface area contributed by atoms with Crippen LogP contribution >= 0.6 is 31.9 Å². The predicted octanol–water partition coefficient (Wildman–Crippen LogP) is 4.02. The topological polar surface area (TPSA) is 41.1 Å². The summed E-state index contributed by atoms with van der Waals surface area (Å²) < 4.78 is 2.07. The molecule has 2 aromatic carbocycles. The minimum atomic E-state index is 0.0633. The van der Waals surface area contributed by atoms with E-state index in [2.05, 4.69) is 66.8 Å². The monoisotopic (exact) mass is 408 g/mol. The Morgan fingerprint density at radius 3 is 2.48 bits per heavy atom. The Morgan fingerprint density at radius 1 is 1.10 bits per heavy atom. The highest BCUT2D eigenvalue weighted by atomic mass is 79.9. The summed E-state index contributed by atoms with van der Waals surface area (Å²) in [5, 5.41) is 6.21. The van der Waals surface area contributed by atoms with Gasteiger partial charge in [0.05, 0.1) is 12.5 Å². The maximum absolute atomic E-state index is 11.5. The van der Waals surface area contributed by atoms with E-state index in [1.54, 1.807) is 0 Å². The molecule has 0 aromatic heterocycles. The Bertz CT molecular complexity index is 695. The zero-order chi connectivity index (χ0) is 15.0. The lowest BCUT2D eigenvalue weighted by Gasteiger charge is -2.19. The third kappa shape index (κ3) is 3.05. The molecular weight excluding hydrogens is 396 g/mol. The molecular formula is C16H14Br2N2O. The number of carbonyl (C=O) groups is 1. The molecule has 0 spiro atoms. The van der Waals surface area contributed by atoms with Gasteiger partial charge in [-0.1, -0.05) is 44.0 Å². The van der Waals surface area contributed by atoms with Crippen LogP contribution in [0.25, 0.3) is 0 Å². The normalized spacial score (nSPS) is 14.7. The fraction of sp³-hybridized carbons (Fsp3) is 0.188. The van der Waals surface area contributed by atoms with Gasteiger partial charge in [-0.05, 0) is 48.0 Å². The van der Waals surface area contributed by atoms with Gasteiger partial charge in [0.2, 0.25) is 5.91 Å². The molecule has 1 aliphatic rings. The van der Waals surface area contributed by atoms with Crippen LogP contribution in [0.1, 0.15) is 22.7 Å². The van der Waals surface area contributed by atoms with Gasteiger partial charge in [0.1, 0.15) is 0 Å². The van der Waals surface area contributed by atoms with Crippen molar-refractivity contribution < 1.29 is 4.79 Å². The molecule has 5 heteroatoms. The van der Waals surface area contributed by atoms with Gasteiger partial charge in [0.25, 0.3) is 0 Å². The predicted molar refractivity (Wildman–Crippen MR) is 91.5 cm³/mol. The van der Waals surface area contributed by atoms with Gasteiger partial charge in [0, 0.05) is 14.6 Å². The average Bonchev–Trinajstić information content (AvgIpc) is 2.78. The minimum Gasteiger partial charge on any atom is -0.326 e.